The summed E-state index contributed by atoms with van der Waals surface area (Å²) in [5, 5.41) is 0. The molecule has 2 aromatic rings. The van der Waals surface area contributed by atoms with Crippen molar-refractivity contribution in [3.8, 4) is 17.0 Å². The molecule has 0 fully saturated rings. The fraction of sp³-hybridized carbons (Fsp3) is 0.267. The lowest BCUT2D eigenvalue weighted by atomic mass is 9.97. The van der Waals surface area contributed by atoms with E-state index in [4.69, 9.17) is 10.5 Å². The third-order valence-corrected chi connectivity index (χ3v) is 3.57. The number of benzene rings is 1. The van der Waals surface area contributed by atoms with Gasteiger partial charge in [0.1, 0.15) is 0 Å². The summed E-state index contributed by atoms with van der Waals surface area (Å²) in [5.41, 5.74) is 11.1. The minimum Gasteiger partial charge on any atom is -0.481 e. The number of methoxy groups -OCH3 is 1. The zero-order valence-corrected chi connectivity index (χ0v) is 10.4. The number of rotatable bonds is 2. The van der Waals surface area contributed by atoms with Crippen LogP contribution in [0.2, 0.25) is 0 Å². The van der Waals surface area contributed by atoms with Crippen LogP contribution in [0.3, 0.4) is 0 Å². The Morgan fingerprint density at radius 2 is 2.17 bits per heavy atom. The number of aromatic nitrogens is 1. The van der Waals surface area contributed by atoms with Gasteiger partial charge in [-0.05, 0) is 35.6 Å². The SMILES string of the molecule is COc1ccc(-c2cccc3c2CCC3N)cn1. The van der Waals surface area contributed by atoms with Crippen molar-refractivity contribution in [3.05, 3.63) is 47.7 Å². The summed E-state index contributed by atoms with van der Waals surface area (Å²) < 4.78 is 5.08. The Labute approximate surface area is 107 Å². The van der Waals surface area contributed by atoms with Gasteiger partial charge in [0.05, 0.1) is 7.11 Å². The molecular formula is C15H16N2O. The summed E-state index contributed by atoms with van der Waals surface area (Å²) in [6.45, 7) is 0. The molecule has 0 bridgehead atoms. The molecule has 0 spiro atoms. The summed E-state index contributed by atoms with van der Waals surface area (Å²) in [7, 11) is 1.63. The highest BCUT2D eigenvalue weighted by atomic mass is 16.5. The van der Waals surface area contributed by atoms with Crippen LogP contribution < -0.4 is 10.5 Å². The molecule has 1 aromatic carbocycles. The maximum absolute atomic E-state index is 6.10. The summed E-state index contributed by atoms with van der Waals surface area (Å²) in [6.07, 6.45) is 3.95. The molecule has 92 valence electrons. The molecule has 1 aromatic heterocycles. The second kappa shape index (κ2) is 4.42. The van der Waals surface area contributed by atoms with E-state index in [1.807, 2.05) is 18.3 Å². The van der Waals surface area contributed by atoms with Crippen LogP contribution in [0.15, 0.2) is 36.5 Å². The highest BCUT2D eigenvalue weighted by Gasteiger charge is 2.21. The highest BCUT2D eigenvalue weighted by Crippen LogP contribution is 2.36. The van der Waals surface area contributed by atoms with E-state index < -0.39 is 0 Å². The van der Waals surface area contributed by atoms with E-state index in [1.54, 1.807) is 7.11 Å². The van der Waals surface area contributed by atoms with Crippen LogP contribution in [0, 0.1) is 0 Å². The van der Waals surface area contributed by atoms with Gasteiger partial charge < -0.3 is 10.5 Å². The maximum Gasteiger partial charge on any atom is 0.212 e. The maximum atomic E-state index is 6.10. The van der Waals surface area contributed by atoms with E-state index in [0.29, 0.717) is 5.88 Å². The van der Waals surface area contributed by atoms with Crippen molar-refractivity contribution in [2.75, 3.05) is 7.11 Å². The number of ether oxygens (including phenoxy) is 1. The Morgan fingerprint density at radius 1 is 1.28 bits per heavy atom. The molecule has 1 aliphatic rings. The quantitative estimate of drug-likeness (QED) is 0.878. The van der Waals surface area contributed by atoms with Crippen LogP contribution >= 0.6 is 0 Å². The largest absolute Gasteiger partial charge is 0.481 e. The van der Waals surface area contributed by atoms with Gasteiger partial charge in [0.2, 0.25) is 5.88 Å². The summed E-state index contributed by atoms with van der Waals surface area (Å²) >= 11 is 0. The van der Waals surface area contributed by atoms with Crippen LogP contribution in [0.1, 0.15) is 23.6 Å². The van der Waals surface area contributed by atoms with Crippen LogP contribution in [0.4, 0.5) is 0 Å². The second-order valence-corrected chi connectivity index (χ2v) is 4.61. The predicted octanol–water partition coefficient (Wildman–Crippen LogP) is 2.70. The molecule has 2 N–H and O–H groups in total. The number of hydrogen-bond acceptors (Lipinski definition) is 3. The number of nitrogens with zero attached hydrogens (tertiary/aromatic N) is 1. The van der Waals surface area contributed by atoms with E-state index in [2.05, 4.69) is 23.2 Å². The molecule has 0 saturated heterocycles. The zero-order chi connectivity index (χ0) is 12.5. The first-order chi connectivity index (χ1) is 8.79. The Morgan fingerprint density at radius 3 is 2.89 bits per heavy atom. The monoisotopic (exact) mass is 240 g/mol. The van der Waals surface area contributed by atoms with Gasteiger partial charge in [-0.2, -0.15) is 0 Å². The zero-order valence-electron chi connectivity index (χ0n) is 10.4. The van der Waals surface area contributed by atoms with Gasteiger partial charge in [0.25, 0.3) is 0 Å². The molecule has 1 unspecified atom stereocenters. The Balaban J connectivity index is 2.06. The molecule has 3 rings (SSSR count). The normalized spacial score (nSPS) is 17.6. The van der Waals surface area contributed by atoms with Gasteiger partial charge in [-0.25, -0.2) is 4.98 Å². The number of nitrogens with two attached hydrogens (primary N) is 1. The molecule has 1 aliphatic carbocycles. The number of pyridine rings is 1. The first-order valence-electron chi connectivity index (χ1n) is 6.17. The van der Waals surface area contributed by atoms with Crippen LogP contribution in [-0.2, 0) is 6.42 Å². The molecule has 3 nitrogen and oxygen atoms in total. The van der Waals surface area contributed by atoms with Crippen molar-refractivity contribution in [2.24, 2.45) is 5.73 Å². The molecule has 0 saturated carbocycles. The van der Waals surface area contributed by atoms with E-state index in [0.717, 1.165) is 18.4 Å². The van der Waals surface area contributed by atoms with Crippen molar-refractivity contribution in [1.82, 2.24) is 4.98 Å². The minimum atomic E-state index is 0.186. The summed E-state index contributed by atoms with van der Waals surface area (Å²) in [5.74, 6) is 0.642. The molecular weight excluding hydrogens is 224 g/mol. The Hall–Kier alpha value is -1.87. The molecule has 1 atom stereocenters. The predicted molar refractivity (Wildman–Crippen MR) is 71.5 cm³/mol. The summed E-state index contributed by atoms with van der Waals surface area (Å²) in [6, 6.07) is 10.5. The molecule has 0 radical (unpaired) electrons. The van der Waals surface area contributed by atoms with Crippen molar-refractivity contribution < 1.29 is 4.74 Å². The van der Waals surface area contributed by atoms with Crippen molar-refractivity contribution in [1.29, 1.82) is 0 Å². The average molecular weight is 240 g/mol. The van der Waals surface area contributed by atoms with Crippen LogP contribution in [0.5, 0.6) is 5.88 Å². The molecule has 18 heavy (non-hydrogen) atoms. The van der Waals surface area contributed by atoms with E-state index in [-0.39, 0.29) is 6.04 Å². The van der Waals surface area contributed by atoms with Gasteiger partial charge in [-0.3, -0.25) is 0 Å². The molecule has 1 heterocycles. The Bertz CT molecular complexity index is 563. The second-order valence-electron chi connectivity index (χ2n) is 4.61. The van der Waals surface area contributed by atoms with Gasteiger partial charge in [-0.15, -0.1) is 0 Å². The summed E-state index contributed by atoms with van der Waals surface area (Å²) in [4.78, 5) is 4.26. The first kappa shape index (κ1) is 11.2. The van der Waals surface area contributed by atoms with Gasteiger partial charge >= 0.3 is 0 Å². The molecule has 3 heteroatoms. The fourth-order valence-corrected chi connectivity index (χ4v) is 2.62. The van der Waals surface area contributed by atoms with E-state index in [9.17, 15) is 0 Å². The smallest absolute Gasteiger partial charge is 0.212 e. The minimum absolute atomic E-state index is 0.186. The van der Waals surface area contributed by atoms with Gasteiger partial charge in [0, 0.05) is 23.9 Å². The lowest BCUT2D eigenvalue weighted by Crippen LogP contribution is -2.04. The van der Waals surface area contributed by atoms with Gasteiger partial charge in [0.15, 0.2) is 0 Å². The standard InChI is InChI=1S/C15H16N2O/c1-18-15-8-5-10(9-17-15)11-3-2-4-13-12(11)6-7-14(13)16/h2-5,8-9,14H,6-7,16H2,1H3. The Kier molecular flexibility index (Phi) is 2.76. The van der Waals surface area contributed by atoms with Crippen LogP contribution in [0.25, 0.3) is 11.1 Å². The molecule has 0 amide bonds. The lowest BCUT2D eigenvalue weighted by molar-refractivity contribution is 0.398. The van der Waals surface area contributed by atoms with Crippen molar-refractivity contribution in [3.63, 3.8) is 0 Å². The number of hydrogen-bond donors (Lipinski definition) is 1. The number of fused-ring (bicyclic) bond motifs is 1. The van der Waals surface area contributed by atoms with Crippen molar-refractivity contribution >= 4 is 0 Å². The van der Waals surface area contributed by atoms with Crippen molar-refractivity contribution in [2.45, 2.75) is 18.9 Å². The topological polar surface area (TPSA) is 48.1 Å². The van der Waals surface area contributed by atoms with E-state index >= 15 is 0 Å². The average Bonchev–Trinajstić information content (AvgIpc) is 2.81. The lowest BCUT2D eigenvalue weighted by Gasteiger charge is -2.10. The van der Waals surface area contributed by atoms with E-state index in [1.165, 1.54) is 16.7 Å². The van der Waals surface area contributed by atoms with Crippen LogP contribution in [-0.4, -0.2) is 12.1 Å². The fourth-order valence-electron chi connectivity index (χ4n) is 2.62. The molecule has 0 aliphatic heterocycles. The highest BCUT2D eigenvalue weighted by molar-refractivity contribution is 5.69. The first-order valence-corrected chi connectivity index (χ1v) is 6.17. The van der Waals surface area contributed by atoms with Gasteiger partial charge in [-0.1, -0.05) is 18.2 Å². The third kappa shape index (κ3) is 1.77. The third-order valence-electron chi connectivity index (χ3n) is 3.57.